The van der Waals surface area contributed by atoms with E-state index in [4.69, 9.17) is 4.74 Å². The fourth-order valence-electron chi connectivity index (χ4n) is 2.56. The second-order valence-corrected chi connectivity index (χ2v) is 6.97. The number of aromatic nitrogens is 2. The number of fused-ring (bicyclic) bond motifs is 1. The normalized spacial score (nSPS) is 10.7. The zero-order valence-electron chi connectivity index (χ0n) is 15.3. The van der Waals surface area contributed by atoms with Crippen molar-refractivity contribution < 1.29 is 13.9 Å². The topological polar surface area (TPSA) is 76.1 Å². The highest BCUT2D eigenvalue weighted by Crippen LogP contribution is 2.28. The van der Waals surface area contributed by atoms with Crippen LogP contribution in [0.15, 0.2) is 47.2 Å². The van der Waals surface area contributed by atoms with Crippen molar-refractivity contribution in [3.63, 3.8) is 0 Å². The van der Waals surface area contributed by atoms with Gasteiger partial charge >= 0.3 is 0 Å². The quantitative estimate of drug-likeness (QED) is 0.495. The van der Waals surface area contributed by atoms with Crippen LogP contribution in [0, 0.1) is 5.82 Å². The first kappa shape index (κ1) is 20.0. The number of nitrogens with zero attached hydrogens (tertiary/aromatic N) is 2. The summed E-state index contributed by atoms with van der Waals surface area (Å²) in [6.07, 6.45) is 2.61. The molecule has 0 saturated carbocycles. The minimum Gasteiger partial charge on any atom is -0.493 e. The summed E-state index contributed by atoms with van der Waals surface area (Å²) in [6, 6.07) is 10.2. The van der Waals surface area contributed by atoms with Crippen LogP contribution in [0.5, 0.6) is 5.75 Å². The highest BCUT2D eigenvalue weighted by Gasteiger charge is 2.09. The van der Waals surface area contributed by atoms with E-state index < -0.39 is 0 Å². The molecule has 3 aromatic rings. The lowest BCUT2D eigenvalue weighted by Crippen LogP contribution is -2.24. The number of carbonyl (C=O) groups is 1. The number of hydrogen-bond acceptors (Lipinski definition) is 5. The number of amides is 1. The molecule has 1 aromatic heterocycles. The van der Waals surface area contributed by atoms with E-state index in [1.807, 2.05) is 25.1 Å². The smallest absolute Gasteiger partial charge is 0.219 e. The van der Waals surface area contributed by atoms with Crippen LogP contribution in [0.4, 0.5) is 15.9 Å². The number of anilines is 2. The molecule has 0 radical (unpaired) electrons. The molecule has 0 atom stereocenters. The van der Waals surface area contributed by atoms with Crippen molar-refractivity contribution in [2.45, 2.75) is 19.8 Å². The van der Waals surface area contributed by atoms with Crippen molar-refractivity contribution in [3.05, 3.63) is 53.0 Å². The summed E-state index contributed by atoms with van der Waals surface area (Å²) in [5, 5.41) is 6.57. The number of rotatable bonds is 8. The lowest BCUT2D eigenvalue weighted by molar-refractivity contribution is -0.120. The maximum atomic E-state index is 14.1. The van der Waals surface area contributed by atoms with Crippen LogP contribution < -0.4 is 15.4 Å². The van der Waals surface area contributed by atoms with Crippen molar-refractivity contribution >= 4 is 44.2 Å². The van der Waals surface area contributed by atoms with Gasteiger partial charge in [-0.05, 0) is 36.8 Å². The van der Waals surface area contributed by atoms with Crippen molar-refractivity contribution in [2.75, 3.05) is 18.5 Å². The van der Waals surface area contributed by atoms with E-state index in [9.17, 15) is 9.18 Å². The molecule has 1 amide bonds. The molecule has 0 unspecified atom stereocenters. The first-order chi connectivity index (χ1) is 13.6. The zero-order chi connectivity index (χ0) is 19.9. The summed E-state index contributed by atoms with van der Waals surface area (Å²) in [4.78, 5) is 19.7. The van der Waals surface area contributed by atoms with Crippen molar-refractivity contribution in [1.29, 1.82) is 0 Å². The first-order valence-electron chi connectivity index (χ1n) is 8.93. The number of benzene rings is 2. The summed E-state index contributed by atoms with van der Waals surface area (Å²) in [6.45, 7) is 2.88. The summed E-state index contributed by atoms with van der Waals surface area (Å²) < 4.78 is 20.5. The van der Waals surface area contributed by atoms with Gasteiger partial charge in [0.25, 0.3) is 0 Å². The average molecular weight is 447 g/mol. The standard InChI is InChI=1S/C20H20BrFN4O2/c1-2-19(27)23-8-3-9-28-14-5-6-15-18(11-14)24-12-25-20(15)26-17-7-4-13(21)10-16(17)22/h4-7,10-12H,2-3,8-9H2,1H3,(H,23,27)(H,24,25,26). The third-order valence-corrected chi connectivity index (χ3v) is 4.52. The molecule has 2 aromatic carbocycles. The van der Waals surface area contributed by atoms with Gasteiger partial charge in [0.2, 0.25) is 5.91 Å². The molecule has 3 rings (SSSR count). The maximum Gasteiger partial charge on any atom is 0.219 e. The Kier molecular flexibility index (Phi) is 6.76. The maximum absolute atomic E-state index is 14.1. The van der Waals surface area contributed by atoms with Gasteiger partial charge in [0.1, 0.15) is 23.7 Å². The van der Waals surface area contributed by atoms with Gasteiger partial charge in [0.05, 0.1) is 17.8 Å². The number of ether oxygens (including phenoxy) is 1. The second kappa shape index (κ2) is 9.45. The summed E-state index contributed by atoms with van der Waals surface area (Å²) >= 11 is 3.24. The van der Waals surface area contributed by atoms with Crippen LogP contribution in [-0.2, 0) is 4.79 Å². The van der Waals surface area contributed by atoms with Gasteiger partial charge in [-0.15, -0.1) is 0 Å². The van der Waals surface area contributed by atoms with Gasteiger partial charge in [0, 0.05) is 28.9 Å². The van der Waals surface area contributed by atoms with Crippen LogP contribution in [0.25, 0.3) is 10.9 Å². The Morgan fingerprint density at radius 1 is 1.21 bits per heavy atom. The minimum atomic E-state index is -0.378. The van der Waals surface area contributed by atoms with Gasteiger partial charge in [0.15, 0.2) is 0 Å². The Bertz CT molecular complexity index is 984. The fraction of sp³-hybridized carbons (Fsp3) is 0.250. The number of carbonyl (C=O) groups excluding carboxylic acids is 1. The molecule has 146 valence electrons. The molecule has 6 nitrogen and oxygen atoms in total. The third-order valence-electron chi connectivity index (χ3n) is 4.03. The van der Waals surface area contributed by atoms with Gasteiger partial charge in [-0.1, -0.05) is 22.9 Å². The largest absolute Gasteiger partial charge is 0.493 e. The molecule has 2 N–H and O–H groups in total. The Morgan fingerprint density at radius 3 is 2.86 bits per heavy atom. The molecule has 0 bridgehead atoms. The van der Waals surface area contributed by atoms with Crippen LogP contribution >= 0.6 is 15.9 Å². The van der Waals surface area contributed by atoms with Gasteiger partial charge < -0.3 is 15.4 Å². The van der Waals surface area contributed by atoms with E-state index in [2.05, 4.69) is 36.5 Å². The van der Waals surface area contributed by atoms with Crippen LogP contribution in [0.1, 0.15) is 19.8 Å². The zero-order valence-corrected chi connectivity index (χ0v) is 16.9. The van der Waals surface area contributed by atoms with Gasteiger partial charge in [-0.25, -0.2) is 14.4 Å². The van der Waals surface area contributed by atoms with E-state index >= 15 is 0 Å². The first-order valence-corrected chi connectivity index (χ1v) is 9.72. The van der Waals surface area contributed by atoms with Crippen LogP contribution in [0.2, 0.25) is 0 Å². The number of hydrogen-bond donors (Lipinski definition) is 2. The minimum absolute atomic E-state index is 0.0321. The van der Waals surface area contributed by atoms with E-state index in [1.165, 1.54) is 12.4 Å². The lowest BCUT2D eigenvalue weighted by Gasteiger charge is -2.11. The fourth-order valence-corrected chi connectivity index (χ4v) is 2.89. The lowest BCUT2D eigenvalue weighted by atomic mass is 10.2. The predicted octanol–water partition coefficient (Wildman–Crippen LogP) is 4.57. The molecule has 1 heterocycles. The number of halogens is 2. The highest BCUT2D eigenvalue weighted by molar-refractivity contribution is 9.10. The molecular formula is C20H20BrFN4O2. The summed E-state index contributed by atoms with van der Waals surface area (Å²) in [5.74, 6) is 0.842. The summed E-state index contributed by atoms with van der Waals surface area (Å²) in [5.41, 5.74) is 1.02. The van der Waals surface area contributed by atoms with Crippen molar-refractivity contribution in [1.82, 2.24) is 15.3 Å². The van der Waals surface area contributed by atoms with Crippen LogP contribution in [0.3, 0.4) is 0 Å². The van der Waals surface area contributed by atoms with Gasteiger partial charge in [-0.3, -0.25) is 4.79 Å². The van der Waals surface area contributed by atoms with E-state index in [1.54, 1.807) is 12.1 Å². The SMILES string of the molecule is CCC(=O)NCCCOc1ccc2c(Nc3ccc(Br)cc3F)ncnc2c1. The molecule has 0 saturated heterocycles. The second-order valence-electron chi connectivity index (χ2n) is 6.06. The number of nitrogens with one attached hydrogen (secondary N) is 2. The average Bonchev–Trinajstić information content (AvgIpc) is 2.69. The van der Waals surface area contributed by atoms with Crippen molar-refractivity contribution in [3.8, 4) is 5.75 Å². The molecule has 0 aliphatic heterocycles. The monoisotopic (exact) mass is 446 g/mol. The molecule has 0 fully saturated rings. The molecular weight excluding hydrogens is 427 g/mol. The molecule has 0 spiro atoms. The molecule has 0 aliphatic rings. The van der Waals surface area contributed by atoms with Crippen molar-refractivity contribution in [2.24, 2.45) is 0 Å². The van der Waals surface area contributed by atoms with Gasteiger partial charge in [-0.2, -0.15) is 0 Å². The molecule has 28 heavy (non-hydrogen) atoms. The Morgan fingerprint density at radius 2 is 2.07 bits per heavy atom. The Balaban J connectivity index is 1.67. The predicted molar refractivity (Wildman–Crippen MR) is 110 cm³/mol. The highest BCUT2D eigenvalue weighted by atomic mass is 79.9. The Labute approximate surface area is 170 Å². The molecule has 0 aliphatic carbocycles. The van der Waals surface area contributed by atoms with E-state index in [-0.39, 0.29) is 11.7 Å². The van der Waals surface area contributed by atoms with Crippen LogP contribution in [-0.4, -0.2) is 29.0 Å². The van der Waals surface area contributed by atoms with E-state index in [0.717, 1.165) is 5.39 Å². The van der Waals surface area contributed by atoms with E-state index in [0.29, 0.717) is 53.2 Å². The third kappa shape index (κ3) is 5.16. The summed E-state index contributed by atoms with van der Waals surface area (Å²) in [7, 11) is 0. The molecule has 8 heteroatoms. The Hall–Kier alpha value is -2.74.